The molecule has 1 heterocycles. The first-order valence-corrected chi connectivity index (χ1v) is 9.42. The highest BCUT2D eigenvalue weighted by Gasteiger charge is 2.14. The smallest absolute Gasteiger partial charge is 0.263 e. The summed E-state index contributed by atoms with van der Waals surface area (Å²) in [6.45, 7) is 1.90. The van der Waals surface area contributed by atoms with Crippen molar-refractivity contribution in [3.8, 4) is 5.75 Å². The predicted octanol–water partition coefficient (Wildman–Crippen LogP) is 3.94. The van der Waals surface area contributed by atoms with E-state index >= 15 is 0 Å². The van der Waals surface area contributed by atoms with Gasteiger partial charge in [0, 0.05) is 0 Å². The molecule has 7 heteroatoms. The minimum absolute atomic E-state index is 0.195. The van der Waals surface area contributed by atoms with Crippen LogP contribution in [0.15, 0.2) is 71.8 Å². The van der Waals surface area contributed by atoms with Crippen LogP contribution in [0.2, 0.25) is 0 Å². The van der Waals surface area contributed by atoms with E-state index in [0.29, 0.717) is 11.4 Å². The number of rotatable bonds is 6. The van der Waals surface area contributed by atoms with Gasteiger partial charge in [-0.25, -0.2) is 13.4 Å². The number of nitrogens with zero attached hydrogens (tertiary/aromatic N) is 1. The quantitative estimate of drug-likeness (QED) is 0.688. The minimum atomic E-state index is -3.67. The molecule has 0 aliphatic heterocycles. The second kappa shape index (κ2) is 7.45. The standard InChI is InChI=1S/C19H19N3O3S/c1-14-7-10-16(11-8-14)26(23,24)22-19-12-9-15(13-20-19)21-17-5-3-4-6-18(17)25-2/h3-13,21H,1-2H3,(H,20,22). The van der Waals surface area contributed by atoms with Crippen LogP contribution in [0.1, 0.15) is 5.56 Å². The predicted molar refractivity (Wildman–Crippen MR) is 103 cm³/mol. The fourth-order valence-electron chi connectivity index (χ4n) is 2.35. The van der Waals surface area contributed by atoms with Gasteiger partial charge in [-0.05, 0) is 43.3 Å². The van der Waals surface area contributed by atoms with Crippen LogP contribution in [-0.2, 0) is 10.0 Å². The van der Waals surface area contributed by atoms with Gasteiger partial charge in [0.2, 0.25) is 0 Å². The number of hydrogen-bond donors (Lipinski definition) is 2. The fraction of sp³-hybridized carbons (Fsp3) is 0.105. The van der Waals surface area contributed by atoms with E-state index in [0.717, 1.165) is 11.3 Å². The van der Waals surface area contributed by atoms with E-state index in [-0.39, 0.29) is 10.7 Å². The van der Waals surface area contributed by atoms with Crippen LogP contribution in [0.3, 0.4) is 0 Å². The van der Waals surface area contributed by atoms with Crippen molar-refractivity contribution in [2.75, 3.05) is 17.1 Å². The molecule has 3 rings (SSSR count). The third-order valence-corrected chi connectivity index (χ3v) is 5.09. The topological polar surface area (TPSA) is 80.3 Å². The summed E-state index contributed by atoms with van der Waals surface area (Å²) in [5, 5.41) is 3.19. The first-order valence-electron chi connectivity index (χ1n) is 7.93. The monoisotopic (exact) mass is 369 g/mol. The molecule has 0 amide bonds. The number of nitrogens with one attached hydrogen (secondary N) is 2. The molecular weight excluding hydrogens is 350 g/mol. The minimum Gasteiger partial charge on any atom is -0.495 e. The third kappa shape index (κ3) is 4.12. The number of ether oxygens (including phenoxy) is 1. The Labute approximate surface area is 152 Å². The van der Waals surface area contributed by atoms with Gasteiger partial charge in [-0.2, -0.15) is 0 Å². The lowest BCUT2D eigenvalue weighted by Crippen LogP contribution is -2.13. The van der Waals surface area contributed by atoms with Crippen molar-refractivity contribution in [2.24, 2.45) is 0 Å². The molecule has 0 saturated carbocycles. The molecule has 1 aromatic heterocycles. The molecule has 0 aliphatic carbocycles. The van der Waals surface area contributed by atoms with Gasteiger partial charge in [0.15, 0.2) is 0 Å². The van der Waals surface area contributed by atoms with Crippen LogP contribution in [0.25, 0.3) is 0 Å². The lowest BCUT2D eigenvalue weighted by molar-refractivity contribution is 0.417. The van der Waals surface area contributed by atoms with E-state index in [1.807, 2.05) is 31.2 Å². The summed E-state index contributed by atoms with van der Waals surface area (Å²) < 4.78 is 32.5. The molecule has 0 bridgehead atoms. The molecule has 2 aromatic carbocycles. The Kier molecular flexibility index (Phi) is 5.09. The molecule has 6 nitrogen and oxygen atoms in total. The van der Waals surface area contributed by atoms with Crippen molar-refractivity contribution in [1.29, 1.82) is 0 Å². The molecule has 26 heavy (non-hydrogen) atoms. The molecule has 0 radical (unpaired) electrons. The summed E-state index contributed by atoms with van der Waals surface area (Å²) in [7, 11) is -2.07. The zero-order chi connectivity index (χ0) is 18.6. The summed E-state index contributed by atoms with van der Waals surface area (Å²) >= 11 is 0. The van der Waals surface area contributed by atoms with Crippen molar-refractivity contribution in [3.63, 3.8) is 0 Å². The molecule has 0 fully saturated rings. The van der Waals surface area contributed by atoms with Crippen LogP contribution >= 0.6 is 0 Å². The molecule has 0 aliphatic rings. The van der Waals surface area contributed by atoms with Gasteiger partial charge >= 0.3 is 0 Å². The fourth-order valence-corrected chi connectivity index (χ4v) is 3.35. The van der Waals surface area contributed by atoms with E-state index in [4.69, 9.17) is 4.74 Å². The highest BCUT2D eigenvalue weighted by atomic mass is 32.2. The molecule has 0 atom stereocenters. The van der Waals surface area contributed by atoms with Gasteiger partial charge < -0.3 is 10.1 Å². The van der Waals surface area contributed by atoms with Crippen LogP contribution < -0.4 is 14.8 Å². The average Bonchev–Trinajstić information content (AvgIpc) is 2.64. The molecule has 0 saturated heterocycles. The van der Waals surface area contributed by atoms with Gasteiger partial charge in [-0.1, -0.05) is 29.8 Å². The third-order valence-electron chi connectivity index (χ3n) is 3.72. The highest BCUT2D eigenvalue weighted by molar-refractivity contribution is 7.92. The lowest BCUT2D eigenvalue weighted by atomic mass is 10.2. The average molecular weight is 369 g/mol. The number of methoxy groups -OCH3 is 1. The van der Waals surface area contributed by atoms with E-state index < -0.39 is 10.0 Å². The van der Waals surface area contributed by atoms with Gasteiger partial charge in [-0.3, -0.25) is 4.72 Å². The Morgan fingerprint density at radius 1 is 0.962 bits per heavy atom. The molecule has 2 N–H and O–H groups in total. The Hall–Kier alpha value is -3.06. The van der Waals surface area contributed by atoms with Crippen molar-refractivity contribution >= 4 is 27.2 Å². The first kappa shape index (κ1) is 17.8. The van der Waals surface area contributed by atoms with Crippen molar-refractivity contribution in [2.45, 2.75) is 11.8 Å². The van der Waals surface area contributed by atoms with E-state index in [1.165, 1.54) is 0 Å². The number of aryl methyl sites for hydroxylation is 1. The zero-order valence-electron chi connectivity index (χ0n) is 14.4. The summed E-state index contributed by atoms with van der Waals surface area (Å²) in [6, 6.07) is 17.5. The Morgan fingerprint density at radius 3 is 2.35 bits per heavy atom. The SMILES string of the molecule is COc1ccccc1Nc1ccc(NS(=O)(=O)c2ccc(C)cc2)nc1. The molecule has 0 unspecified atom stereocenters. The highest BCUT2D eigenvalue weighted by Crippen LogP contribution is 2.27. The van der Waals surface area contributed by atoms with Gasteiger partial charge in [0.05, 0.1) is 29.6 Å². The van der Waals surface area contributed by atoms with Crippen molar-refractivity contribution in [3.05, 3.63) is 72.4 Å². The van der Waals surface area contributed by atoms with Crippen molar-refractivity contribution < 1.29 is 13.2 Å². The second-order valence-corrected chi connectivity index (χ2v) is 7.36. The van der Waals surface area contributed by atoms with Crippen LogP contribution in [0.4, 0.5) is 17.2 Å². The maximum atomic E-state index is 12.4. The maximum absolute atomic E-state index is 12.4. The Morgan fingerprint density at radius 2 is 1.69 bits per heavy atom. The molecule has 0 spiro atoms. The zero-order valence-corrected chi connectivity index (χ0v) is 15.2. The van der Waals surface area contributed by atoms with Crippen LogP contribution in [0, 0.1) is 6.92 Å². The Bertz CT molecular complexity index is 985. The van der Waals surface area contributed by atoms with Gasteiger partial charge in [0.1, 0.15) is 11.6 Å². The summed E-state index contributed by atoms with van der Waals surface area (Å²) in [5.74, 6) is 0.952. The number of aromatic nitrogens is 1. The molecule has 134 valence electrons. The number of hydrogen-bond acceptors (Lipinski definition) is 5. The van der Waals surface area contributed by atoms with Crippen molar-refractivity contribution in [1.82, 2.24) is 4.98 Å². The summed E-state index contributed by atoms with van der Waals surface area (Å²) in [6.07, 6.45) is 1.55. The largest absolute Gasteiger partial charge is 0.495 e. The van der Waals surface area contributed by atoms with Gasteiger partial charge in [0.25, 0.3) is 10.0 Å². The lowest BCUT2D eigenvalue weighted by Gasteiger charge is -2.11. The maximum Gasteiger partial charge on any atom is 0.263 e. The number of sulfonamides is 1. The number of para-hydroxylation sites is 2. The molecule has 3 aromatic rings. The van der Waals surface area contributed by atoms with Crippen LogP contribution in [-0.4, -0.2) is 20.5 Å². The van der Waals surface area contributed by atoms with Gasteiger partial charge in [-0.15, -0.1) is 0 Å². The van der Waals surface area contributed by atoms with E-state index in [9.17, 15) is 8.42 Å². The second-order valence-electron chi connectivity index (χ2n) is 5.68. The van der Waals surface area contributed by atoms with Crippen LogP contribution in [0.5, 0.6) is 5.75 Å². The first-order chi connectivity index (χ1) is 12.5. The molecular formula is C19H19N3O3S. The summed E-state index contributed by atoms with van der Waals surface area (Å²) in [4.78, 5) is 4.36. The summed E-state index contributed by atoms with van der Waals surface area (Å²) in [5.41, 5.74) is 2.51. The Balaban J connectivity index is 1.74. The number of benzene rings is 2. The van der Waals surface area contributed by atoms with E-state index in [1.54, 1.807) is 49.7 Å². The van der Waals surface area contributed by atoms with E-state index in [2.05, 4.69) is 15.0 Å². The normalized spacial score (nSPS) is 11.0. The number of anilines is 3. The number of pyridine rings is 1.